The fourth-order valence-corrected chi connectivity index (χ4v) is 3.45. The van der Waals surface area contributed by atoms with Gasteiger partial charge in [-0.05, 0) is 55.7 Å². The molecule has 7 heteroatoms. The number of anilines is 2. The summed E-state index contributed by atoms with van der Waals surface area (Å²) in [5.41, 5.74) is 4.08. The number of aromatic nitrogens is 1. The molecule has 0 amide bonds. The van der Waals surface area contributed by atoms with Crippen molar-refractivity contribution < 1.29 is 23.0 Å². The van der Waals surface area contributed by atoms with Gasteiger partial charge in [0.15, 0.2) is 0 Å². The van der Waals surface area contributed by atoms with E-state index in [0.29, 0.717) is 36.2 Å². The van der Waals surface area contributed by atoms with Crippen molar-refractivity contribution in [3.8, 4) is 11.8 Å². The molecular weight excluding hydrogens is 522 g/mol. The summed E-state index contributed by atoms with van der Waals surface area (Å²) >= 11 is 0. The number of hydrogen-bond donors (Lipinski definition) is 1. The van der Waals surface area contributed by atoms with Crippen molar-refractivity contribution in [2.24, 2.45) is 0 Å². The van der Waals surface area contributed by atoms with E-state index in [-0.39, 0.29) is 18.4 Å². The maximum absolute atomic E-state index is 13.7. The summed E-state index contributed by atoms with van der Waals surface area (Å²) in [5, 5.41) is 3.28. The number of halogens is 2. The second-order valence-electron chi connectivity index (χ2n) is 10.6. The van der Waals surface area contributed by atoms with E-state index in [1.807, 2.05) is 87.5 Å². The molecule has 1 heterocycles. The average Bonchev–Trinajstić information content (AvgIpc) is 2.98. The van der Waals surface area contributed by atoms with Gasteiger partial charge in [0.2, 0.25) is 11.8 Å². The average molecular weight is 563 g/mol. The number of hydrogen-bond acceptors (Lipinski definition) is 5. The van der Waals surface area contributed by atoms with Crippen LogP contribution in [0.5, 0.6) is 11.8 Å². The third-order valence-corrected chi connectivity index (χ3v) is 6.11. The van der Waals surface area contributed by atoms with Gasteiger partial charge in [0, 0.05) is 31.7 Å². The van der Waals surface area contributed by atoms with E-state index < -0.39 is 5.92 Å². The summed E-state index contributed by atoms with van der Waals surface area (Å²) in [7, 11) is 1.71. The lowest BCUT2D eigenvalue weighted by Gasteiger charge is -2.16. The molecule has 0 fully saturated rings. The lowest BCUT2D eigenvalue weighted by Crippen LogP contribution is -2.17. The van der Waals surface area contributed by atoms with Crippen LogP contribution in [-0.4, -0.2) is 23.6 Å². The molecule has 0 aliphatic carbocycles. The van der Waals surface area contributed by atoms with Crippen molar-refractivity contribution in [3.63, 3.8) is 0 Å². The van der Waals surface area contributed by atoms with Gasteiger partial charge >= 0.3 is 0 Å². The minimum absolute atomic E-state index is 0.0417. The van der Waals surface area contributed by atoms with Crippen LogP contribution in [0.2, 0.25) is 0 Å². The zero-order chi connectivity index (χ0) is 29.7. The maximum atomic E-state index is 13.7. The molecule has 1 N–H and O–H groups in total. The Morgan fingerprint density at radius 2 is 1.24 bits per heavy atom. The number of alkyl halides is 2. The Labute approximate surface area is 242 Å². The number of ether oxygens (including phenoxy) is 3. The van der Waals surface area contributed by atoms with Crippen LogP contribution < -0.4 is 14.8 Å². The Morgan fingerprint density at radius 1 is 0.707 bits per heavy atom. The van der Waals surface area contributed by atoms with Crippen LogP contribution in [0.25, 0.3) is 0 Å². The SMILES string of the molecule is CCC(F)(F)Cc1ccc(Nc2ccc(OCc3ccccc3)nc2OCc2ccccc2)cc1.COC(C)(C)C. The van der Waals surface area contributed by atoms with Crippen LogP contribution in [0.1, 0.15) is 50.8 Å². The fourth-order valence-electron chi connectivity index (χ4n) is 3.45. The van der Waals surface area contributed by atoms with Crippen molar-refractivity contribution in [1.82, 2.24) is 4.98 Å². The van der Waals surface area contributed by atoms with Crippen molar-refractivity contribution >= 4 is 11.4 Å². The van der Waals surface area contributed by atoms with Crippen molar-refractivity contribution in [2.45, 2.75) is 65.3 Å². The first-order chi connectivity index (χ1) is 19.6. The Bertz CT molecular complexity index is 1310. The molecule has 5 nitrogen and oxygen atoms in total. The molecule has 0 aliphatic heterocycles. The van der Waals surface area contributed by atoms with Gasteiger partial charge in [0.25, 0.3) is 5.92 Å². The number of nitrogens with zero attached hydrogens (tertiary/aromatic N) is 1. The lowest BCUT2D eigenvalue weighted by molar-refractivity contribution is -0.00220. The van der Waals surface area contributed by atoms with Gasteiger partial charge in [0.05, 0.1) is 5.60 Å². The van der Waals surface area contributed by atoms with Crippen molar-refractivity contribution in [2.75, 3.05) is 12.4 Å². The molecule has 4 aromatic rings. The van der Waals surface area contributed by atoms with Crippen LogP contribution in [-0.2, 0) is 24.4 Å². The van der Waals surface area contributed by atoms with Gasteiger partial charge in [0.1, 0.15) is 18.9 Å². The third-order valence-electron chi connectivity index (χ3n) is 6.11. The molecule has 0 aliphatic rings. The Morgan fingerprint density at radius 3 is 1.76 bits per heavy atom. The monoisotopic (exact) mass is 562 g/mol. The number of benzene rings is 3. The summed E-state index contributed by atoms with van der Waals surface area (Å²) in [6.45, 7) is 8.29. The van der Waals surface area contributed by atoms with E-state index in [1.54, 1.807) is 37.4 Å². The van der Waals surface area contributed by atoms with Crippen LogP contribution in [0.3, 0.4) is 0 Å². The molecule has 1 aromatic heterocycles. The quantitative estimate of drug-likeness (QED) is 0.198. The van der Waals surface area contributed by atoms with Gasteiger partial charge in [-0.25, -0.2) is 8.78 Å². The highest BCUT2D eigenvalue weighted by Crippen LogP contribution is 2.30. The largest absolute Gasteiger partial charge is 0.473 e. The van der Waals surface area contributed by atoms with Crippen molar-refractivity contribution in [3.05, 3.63) is 114 Å². The highest BCUT2D eigenvalue weighted by molar-refractivity contribution is 5.65. The molecule has 0 spiro atoms. The van der Waals surface area contributed by atoms with Gasteiger partial charge in [-0.15, -0.1) is 0 Å². The van der Waals surface area contributed by atoms with Gasteiger partial charge in [-0.2, -0.15) is 4.98 Å². The molecule has 0 bridgehead atoms. The number of rotatable bonds is 11. The first kappa shape index (κ1) is 31.6. The minimum Gasteiger partial charge on any atom is -0.473 e. The van der Waals surface area contributed by atoms with Gasteiger partial charge in [-0.3, -0.25) is 0 Å². The molecule has 0 saturated carbocycles. The van der Waals surface area contributed by atoms with Gasteiger partial charge < -0.3 is 19.5 Å². The number of pyridine rings is 1. The van der Waals surface area contributed by atoms with Crippen LogP contribution in [0, 0.1) is 0 Å². The predicted molar refractivity (Wildman–Crippen MR) is 161 cm³/mol. The van der Waals surface area contributed by atoms with Crippen LogP contribution in [0.4, 0.5) is 20.2 Å². The van der Waals surface area contributed by atoms with E-state index in [2.05, 4.69) is 10.3 Å². The Kier molecular flexibility index (Phi) is 11.7. The molecule has 0 radical (unpaired) electrons. The van der Waals surface area contributed by atoms with E-state index in [9.17, 15) is 8.78 Å². The summed E-state index contributed by atoms with van der Waals surface area (Å²) in [6.07, 6.45) is -0.455. The minimum atomic E-state index is -2.70. The highest BCUT2D eigenvalue weighted by Gasteiger charge is 2.26. The van der Waals surface area contributed by atoms with Crippen LogP contribution >= 0.6 is 0 Å². The van der Waals surface area contributed by atoms with E-state index in [4.69, 9.17) is 14.2 Å². The first-order valence-corrected chi connectivity index (χ1v) is 13.7. The standard InChI is InChI=1S/C29H28F2N2O2.C5H12O/c1-2-29(30,31)19-22-13-15-25(16-14-22)32-26-17-18-27(34-20-23-9-5-3-6-10-23)33-28(26)35-21-24-11-7-4-8-12-24;1-5(2,3)6-4/h3-18,32H,2,19-21H2,1H3;1-4H3. The smallest absolute Gasteiger partial charge is 0.251 e. The molecular formula is C34H40F2N2O3. The number of nitrogens with one attached hydrogen (secondary N) is 1. The number of methoxy groups -OCH3 is 1. The second-order valence-corrected chi connectivity index (χ2v) is 10.6. The zero-order valence-corrected chi connectivity index (χ0v) is 24.5. The maximum Gasteiger partial charge on any atom is 0.251 e. The molecule has 41 heavy (non-hydrogen) atoms. The molecule has 218 valence electrons. The first-order valence-electron chi connectivity index (χ1n) is 13.7. The van der Waals surface area contributed by atoms with E-state index in [0.717, 1.165) is 16.8 Å². The summed E-state index contributed by atoms with van der Waals surface area (Å²) in [6, 6.07) is 30.3. The third kappa shape index (κ3) is 11.6. The van der Waals surface area contributed by atoms with E-state index >= 15 is 0 Å². The summed E-state index contributed by atoms with van der Waals surface area (Å²) in [4.78, 5) is 4.57. The summed E-state index contributed by atoms with van der Waals surface area (Å²) < 4.78 is 44.3. The lowest BCUT2D eigenvalue weighted by atomic mass is 10.1. The molecule has 4 rings (SSSR count). The summed E-state index contributed by atoms with van der Waals surface area (Å²) in [5.74, 6) is -1.87. The second kappa shape index (κ2) is 15.1. The highest BCUT2D eigenvalue weighted by atomic mass is 19.3. The predicted octanol–water partition coefficient (Wildman–Crippen LogP) is 9.00. The Hall–Kier alpha value is -3.97. The fraction of sp³-hybridized carbons (Fsp3) is 0.324. The van der Waals surface area contributed by atoms with E-state index in [1.165, 1.54) is 6.92 Å². The molecule has 0 unspecified atom stereocenters. The zero-order valence-electron chi connectivity index (χ0n) is 24.5. The normalized spacial score (nSPS) is 11.3. The molecule has 3 aromatic carbocycles. The van der Waals surface area contributed by atoms with Crippen molar-refractivity contribution in [1.29, 1.82) is 0 Å². The van der Waals surface area contributed by atoms with Gasteiger partial charge in [-0.1, -0.05) is 79.7 Å². The molecule has 0 saturated heterocycles. The van der Waals surface area contributed by atoms with Crippen LogP contribution in [0.15, 0.2) is 97.1 Å². The molecule has 0 atom stereocenters. The Balaban J connectivity index is 0.000000696. The topological polar surface area (TPSA) is 52.6 Å².